The SMILES string of the molecule is Cc1noc([C@@H](C)NC(=O)Cc2c[nH]c3ccccc23)n1. The van der Waals surface area contributed by atoms with Crippen LogP contribution in [-0.4, -0.2) is 21.0 Å². The average Bonchev–Trinajstić information content (AvgIpc) is 3.06. The first kappa shape index (κ1) is 13.4. The van der Waals surface area contributed by atoms with E-state index in [1.54, 1.807) is 6.92 Å². The summed E-state index contributed by atoms with van der Waals surface area (Å²) in [6.45, 7) is 3.56. The number of aromatic nitrogens is 3. The molecule has 0 saturated carbocycles. The van der Waals surface area contributed by atoms with Crippen molar-refractivity contribution < 1.29 is 9.32 Å². The molecule has 0 aliphatic carbocycles. The smallest absolute Gasteiger partial charge is 0.248 e. The van der Waals surface area contributed by atoms with Gasteiger partial charge >= 0.3 is 0 Å². The lowest BCUT2D eigenvalue weighted by atomic mass is 10.1. The van der Waals surface area contributed by atoms with Crippen molar-refractivity contribution in [3.63, 3.8) is 0 Å². The van der Waals surface area contributed by atoms with Gasteiger partial charge in [0.2, 0.25) is 11.8 Å². The van der Waals surface area contributed by atoms with Crippen LogP contribution >= 0.6 is 0 Å². The van der Waals surface area contributed by atoms with Gasteiger partial charge in [0, 0.05) is 17.1 Å². The number of aromatic amines is 1. The van der Waals surface area contributed by atoms with Crippen LogP contribution in [0.3, 0.4) is 0 Å². The first-order valence-corrected chi connectivity index (χ1v) is 6.78. The van der Waals surface area contributed by atoms with Gasteiger partial charge in [-0.15, -0.1) is 0 Å². The fourth-order valence-electron chi connectivity index (χ4n) is 2.29. The summed E-state index contributed by atoms with van der Waals surface area (Å²) in [7, 11) is 0. The lowest BCUT2D eigenvalue weighted by Crippen LogP contribution is -2.28. The van der Waals surface area contributed by atoms with Gasteiger partial charge in [-0.3, -0.25) is 4.79 Å². The first-order chi connectivity index (χ1) is 10.1. The van der Waals surface area contributed by atoms with Gasteiger partial charge in [0.05, 0.1) is 6.42 Å². The molecule has 2 N–H and O–H groups in total. The van der Waals surface area contributed by atoms with E-state index in [1.165, 1.54) is 0 Å². The van der Waals surface area contributed by atoms with Crippen LogP contribution in [0.5, 0.6) is 0 Å². The zero-order valence-electron chi connectivity index (χ0n) is 11.9. The Balaban J connectivity index is 1.69. The summed E-state index contributed by atoms with van der Waals surface area (Å²) in [5, 5.41) is 7.65. The highest BCUT2D eigenvalue weighted by atomic mass is 16.5. The minimum atomic E-state index is -0.302. The topological polar surface area (TPSA) is 83.8 Å². The maximum absolute atomic E-state index is 12.1. The van der Waals surface area contributed by atoms with Gasteiger partial charge in [-0.05, 0) is 25.5 Å². The van der Waals surface area contributed by atoms with Crippen LogP contribution in [0.1, 0.15) is 30.2 Å². The maximum Gasteiger partial charge on any atom is 0.248 e. The molecule has 0 radical (unpaired) electrons. The number of fused-ring (bicyclic) bond motifs is 1. The van der Waals surface area contributed by atoms with Crippen LogP contribution in [-0.2, 0) is 11.2 Å². The zero-order chi connectivity index (χ0) is 14.8. The Morgan fingerprint density at radius 1 is 1.43 bits per heavy atom. The Kier molecular flexibility index (Phi) is 3.43. The summed E-state index contributed by atoms with van der Waals surface area (Å²) >= 11 is 0. The van der Waals surface area contributed by atoms with E-state index in [0.717, 1.165) is 16.5 Å². The third kappa shape index (κ3) is 2.79. The minimum Gasteiger partial charge on any atom is -0.361 e. The molecule has 1 atom stereocenters. The molecular formula is C15H16N4O2. The van der Waals surface area contributed by atoms with E-state index < -0.39 is 0 Å². The Bertz CT molecular complexity index is 775. The number of hydrogen-bond donors (Lipinski definition) is 2. The van der Waals surface area contributed by atoms with Crippen molar-refractivity contribution in [1.29, 1.82) is 0 Å². The fourth-order valence-corrected chi connectivity index (χ4v) is 2.29. The van der Waals surface area contributed by atoms with Gasteiger partial charge in [-0.2, -0.15) is 4.98 Å². The van der Waals surface area contributed by atoms with Crippen LogP contribution in [0.2, 0.25) is 0 Å². The molecule has 2 aromatic heterocycles. The second-order valence-electron chi connectivity index (χ2n) is 5.01. The van der Waals surface area contributed by atoms with Crippen molar-refractivity contribution in [3.05, 3.63) is 47.7 Å². The number of rotatable bonds is 4. The molecule has 2 heterocycles. The zero-order valence-corrected chi connectivity index (χ0v) is 11.9. The highest BCUT2D eigenvalue weighted by Gasteiger charge is 2.16. The van der Waals surface area contributed by atoms with Crippen molar-refractivity contribution in [2.24, 2.45) is 0 Å². The molecule has 108 valence electrons. The van der Waals surface area contributed by atoms with Gasteiger partial charge < -0.3 is 14.8 Å². The summed E-state index contributed by atoms with van der Waals surface area (Å²) < 4.78 is 5.05. The molecule has 0 unspecified atom stereocenters. The monoisotopic (exact) mass is 284 g/mol. The van der Waals surface area contributed by atoms with Crippen LogP contribution in [0.25, 0.3) is 10.9 Å². The van der Waals surface area contributed by atoms with Crippen molar-refractivity contribution >= 4 is 16.8 Å². The number of aryl methyl sites for hydroxylation is 1. The van der Waals surface area contributed by atoms with Crippen molar-refractivity contribution in [2.75, 3.05) is 0 Å². The molecule has 3 rings (SSSR count). The van der Waals surface area contributed by atoms with Crippen LogP contribution in [0.15, 0.2) is 35.0 Å². The van der Waals surface area contributed by atoms with Gasteiger partial charge in [-0.25, -0.2) is 0 Å². The van der Waals surface area contributed by atoms with E-state index in [2.05, 4.69) is 20.4 Å². The Labute approximate surface area is 121 Å². The third-order valence-electron chi connectivity index (χ3n) is 3.32. The molecular weight excluding hydrogens is 268 g/mol. The lowest BCUT2D eigenvalue weighted by Gasteiger charge is -2.09. The summed E-state index contributed by atoms with van der Waals surface area (Å²) in [5.41, 5.74) is 2.00. The molecule has 1 aromatic carbocycles. The molecule has 6 heteroatoms. The number of amides is 1. The molecule has 0 fully saturated rings. The van der Waals surface area contributed by atoms with E-state index in [0.29, 0.717) is 18.1 Å². The summed E-state index contributed by atoms with van der Waals surface area (Å²) in [6.07, 6.45) is 2.17. The van der Waals surface area contributed by atoms with Gasteiger partial charge in [0.25, 0.3) is 0 Å². The number of para-hydroxylation sites is 1. The normalized spacial score (nSPS) is 12.5. The third-order valence-corrected chi connectivity index (χ3v) is 3.32. The molecule has 0 aliphatic rings. The van der Waals surface area contributed by atoms with E-state index in [9.17, 15) is 4.79 Å². The Morgan fingerprint density at radius 2 is 2.24 bits per heavy atom. The highest BCUT2D eigenvalue weighted by Crippen LogP contribution is 2.18. The number of nitrogens with one attached hydrogen (secondary N) is 2. The molecule has 0 spiro atoms. The summed E-state index contributed by atoms with van der Waals surface area (Å²) in [4.78, 5) is 19.4. The number of carbonyl (C=O) groups is 1. The molecule has 1 amide bonds. The van der Waals surface area contributed by atoms with Gasteiger partial charge in [-0.1, -0.05) is 23.4 Å². The van der Waals surface area contributed by atoms with Crippen LogP contribution in [0, 0.1) is 6.92 Å². The Hall–Kier alpha value is -2.63. The van der Waals surface area contributed by atoms with Crippen LogP contribution in [0.4, 0.5) is 0 Å². The molecule has 6 nitrogen and oxygen atoms in total. The number of nitrogens with zero attached hydrogens (tertiary/aromatic N) is 2. The number of carbonyl (C=O) groups excluding carboxylic acids is 1. The van der Waals surface area contributed by atoms with Gasteiger partial charge in [0.1, 0.15) is 6.04 Å². The van der Waals surface area contributed by atoms with Crippen molar-refractivity contribution in [3.8, 4) is 0 Å². The standard InChI is InChI=1S/C15H16N4O2/c1-9(15-18-10(2)19-21-15)17-14(20)7-11-8-16-13-6-4-3-5-12(11)13/h3-6,8-9,16H,7H2,1-2H3,(H,17,20)/t9-/m1/s1. The molecule has 0 saturated heterocycles. The molecule has 0 aliphatic heterocycles. The number of hydrogen-bond acceptors (Lipinski definition) is 4. The van der Waals surface area contributed by atoms with Crippen molar-refractivity contribution in [2.45, 2.75) is 26.3 Å². The van der Waals surface area contributed by atoms with E-state index in [1.807, 2.05) is 37.4 Å². The highest BCUT2D eigenvalue weighted by molar-refractivity contribution is 5.88. The number of benzene rings is 1. The quantitative estimate of drug-likeness (QED) is 0.769. The summed E-state index contributed by atoms with van der Waals surface area (Å²) in [5.74, 6) is 0.894. The maximum atomic E-state index is 12.1. The second-order valence-corrected chi connectivity index (χ2v) is 5.01. The van der Waals surface area contributed by atoms with E-state index in [4.69, 9.17) is 4.52 Å². The predicted octanol–water partition coefficient (Wildman–Crippen LogP) is 2.28. The molecule has 3 aromatic rings. The average molecular weight is 284 g/mol. The largest absolute Gasteiger partial charge is 0.361 e. The van der Waals surface area contributed by atoms with Crippen LogP contribution < -0.4 is 5.32 Å². The lowest BCUT2D eigenvalue weighted by molar-refractivity contribution is -0.121. The second kappa shape index (κ2) is 5.40. The fraction of sp³-hybridized carbons (Fsp3) is 0.267. The Morgan fingerprint density at radius 3 is 3.00 bits per heavy atom. The minimum absolute atomic E-state index is 0.0805. The first-order valence-electron chi connectivity index (χ1n) is 6.78. The van der Waals surface area contributed by atoms with Gasteiger partial charge in [0.15, 0.2) is 5.82 Å². The predicted molar refractivity (Wildman–Crippen MR) is 77.6 cm³/mol. The molecule has 21 heavy (non-hydrogen) atoms. The molecule has 0 bridgehead atoms. The van der Waals surface area contributed by atoms with E-state index >= 15 is 0 Å². The van der Waals surface area contributed by atoms with Crippen molar-refractivity contribution in [1.82, 2.24) is 20.4 Å². The van der Waals surface area contributed by atoms with E-state index in [-0.39, 0.29) is 11.9 Å². The number of H-pyrrole nitrogens is 1. The summed E-state index contributed by atoms with van der Waals surface area (Å²) in [6, 6.07) is 7.60.